The van der Waals surface area contributed by atoms with Crippen molar-refractivity contribution in [3.05, 3.63) is 66.1 Å². The Balaban J connectivity index is 1.98. The molecule has 106 valence electrons. The minimum absolute atomic E-state index is 0.139. The second kappa shape index (κ2) is 5.40. The van der Waals surface area contributed by atoms with Crippen molar-refractivity contribution < 1.29 is 9.18 Å². The number of anilines is 1. The van der Waals surface area contributed by atoms with E-state index in [1.807, 2.05) is 31.3 Å². The average molecular weight is 282 g/mol. The second-order valence-corrected chi connectivity index (χ2v) is 4.81. The lowest BCUT2D eigenvalue weighted by atomic mass is 10.1. The van der Waals surface area contributed by atoms with Crippen LogP contribution in [-0.2, 0) is 0 Å². The number of carbonyl (C=O) groups excluding carboxylic acids is 1. The molecule has 2 aromatic carbocycles. The molecule has 3 aromatic rings. The number of benzene rings is 2. The van der Waals surface area contributed by atoms with Gasteiger partial charge in [-0.1, -0.05) is 12.1 Å². The van der Waals surface area contributed by atoms with Gasteiger partial charge in [-0.05, 0) is 48.7 Å². The number of fused-ring (bicyclic) bond motifs is 1. The van der Waals surface area contributed by atoms with Gasteiger partial charge in [0.05, 0.1) is 0 Å². The molecule has 1 aromatic heterocycles. The molecule has 0 bridgehead atoms. The minimum atomic E-state index is -0.349. The first-order valence-corrected chi connectivity index (χ1v) is 6.83. The first kappa shape index (κ1) is 13.4. The highest BCUT2D eigenvalue weighted by Gasteiger charge is 2.17. The van der Waals surface area contributed by atoms with Gasteiger partial charge in [0.15, 0.2) is 0 Å². The van der Waals surface area contributed by atoms with Crippen molar-refractivity contribution in [1.29, 1.82) is 0 Å². The summed E-state index contributed by atoms with van der Waals surface area (Å²) >= 11 is 0. The zero-order chi connectivity index (χ0) is 14.8. The van der Waals surface area contributed by atoms with E-state index in [0.29, 0.717) is 17.8 Å². The lowest BCUT2D eigenvalue weighted by molar-refractivity contribution is 0.0988. The van der Waals surface area contributed by atoms with Crippen LogP contribution in [0.3, 0.4) is 0 Å². The van der Waals surface area contributed by atoms with Crippen LogP contribution in [0.5, 0.6) is 0 Å². The average Bonchev–Trinajstić information content (AvgIpc) is 2.95. The van der Waals surface area contributed by atoms with Gasteiger partial charge in [-0.2, -0.15) is 0 Å². The lowest BCUT2D eigenvalue weighted by Gasteiger charge is -2.21. The zero-order valence-corrected chi connectivity index (χ0v) is 11.6. The summed E-state index contributed by atoms with van der Waals surface area (Å²) in [6.45, 7) is 2.35. The molecule has 0 unspecified atom stereocenters. The summed E-state index contributed by atoms with van der Waals surface area (Å²) in [7, 11) is 0. The van der Waals surface area contributed by atoms with Gasteiger partial charge in [-0.15, -0.1) is 0 Å². The van der Waals surface area contributed by atoms with Gasteiger partial charge in [0, 0.05) is 29.5 Å². The number of halogens is 1. The highest BCUT2D eigenvalue weighted by molar-refractivity contribution is 6.07. The molecule has 1 amide bonds. The van der Waals surface area contributed by atoms with Gasteiger partial charge < -0.3 is 9.88 Å². The largest absolute Gasteiger partial charge is 0.361 e. The normalized spacial score (nSPS) is 10.8. The number of hydrogen-bond acceptors (Lipinski definition) is 1. The minimum Gasteiger partial charge on any atom is -0.361 e. The number of nitrogens with zero attached hydrogens (tertiary/aromatic N) is 1. The SMILES string of the molecule is CCN(C(=O)c1ccc2cc[nH]c2c1)c1cccc(F)c1. The summed E-state index contributed by atoms with van der Waals surface area (Å²) in [5, 5.41) is 1.06. The van der Waals surface area contributed by atoms with E-state index in [1.165, 1.54) is 12.1 Å². The number of amides is 1. The summed E-state index contributed by atoms with van der Waals surface area (Å²) in [4.78, 5) is 17.3. The van der Waals surface area contributed by atoms with Crippen molar-refractivity contribution in [2.24, 2.45) is 0 Å². The summed E-state index contributed by atoms with van der Waals surface area (Å²) in [5.41, 5.74) is 2.06. The molecule has 4 heteroatoms. The van der Waals surface area contributed by atoms with E-state index >= 15 is 0 Å². The predicted octanol–water partition coefficient (Wildman–Crippen LogP) is 3.97. The first-order chi connectivity index (χ1) is 10.2. The van der Waals surface area contributed by atoms with E-state index in [9.17, 15) is 9.18 Å². The number of aromatic nitrogens is 1. The molecular formula is C17H15FN2O. The summed E-state index contributed by atoms with van der Waals surface area (Å²) < 4.78 is 13.4. The monoisotopic (exact) mass is 282 g/mol. The smallest absolute Gasteiger partial charge is 0.258 e. The second-order valence-electron chi connectivity index (χ2n) is 4.81. The third-order valence-corrected chi connectivity index (χ3v) is 3.48. The molecule has 0 radical (unpaired) electrons. The fraction of sp³-hybridized carbons (Fsp3) is 0.118. The lowest BCUT2D eigenvalue weighted by Crippen LogP contribution is -2.30. The number of nitrogens with one attached hydrogen (secondary N) is 1. The molecule has 21 heavy (non-hydrogen) atoms. The molecule has 3 nitrogen and oxygen atoms in total. The van der Waals surface area contributed by atoms with Gasteiger partial charge in [-0.25, -0.2) is 4.39 Å². The third kappa shape index (κ3) is 2.52. The third-order valence-electron chi connectivity index (χ3n) is 3.48. The van der Waals surface area contributed by atoms with Gasteiger partial charge >= 0.3 is 0 Å². The van der Waals surface area contributed by atoms with Crippen molar-refractivity contribution in [1.82, 2.24) is 4.98 Å². The van der Waals surface area contributed by atoms with E-state index < -0.39 is 0 Å². The maximum Gasteiger partial charge on any atom is 0.258 e. The Morgan fingerprint density at radius 3 is 2.81 bits per heavy atom. The van der Waals surface area contributed by atoms with E-state index in [1.54, 1.807) is 23.1 Å². The molecule has 0 fully saturated rings. The standard InChI is InChI=1S/C17H15FN2O/c1-2-20(15-5-3-4-14(18)11-15)17(21)13-7-6-12-8-9-19-16(12)10-13/h3-11,19H,2H2,1H3. The number of hydrogen-bond donors (Lipinski definition) is 1. The van der Waals surface area contributed by atoms with Crippen molar-refractivity contribution in [3.63, 3.8) is 0 Å². The van der Waals surface area contributed by atoms with E-state index in [-0.39, 0.29) is 11.7 Å². The molecule has 0 aliphatic heterocycles. The summed E-state index contributed by atoms with van der Waals surface area (Å²) in [5.74, 6) is -0.488. The Kier molecular flexibility index (Phi) is 3.44. The van der Waals surface area contributed by atoms with E-state index in [2.05, 4.69) is 4.98 Å². The summed E-state index contributed by atoms with van der Waals surface area (Å²) in [6, 6.07) is 13.5. The van der Waals surface area contributed by atoms with Crippen LogP contribution in [0.15, 0.2) is 54.7 Å². The van der Waals surface area contributed by atoms with Crippen LogP contribution in [0.1, 0.15) is 17.3 Å². The molecule has 1 N–H and O–H groups in total. The van der Waals surface area contributed by atoms with Crippen LogP contribution in [0.25, 0.3) is 10.9 Å². The highest BCUT2D eigenvalue weighted by atomic mass is 19.1. The fourth-order valence-electron chi connectivity index (χ4n) is 2.42. The Bertz CT molecular complexity index is 794. The zero-order valence-electron chi connectivity index (χ0n) is 11.6. The van der Waals surface area contributed by atoms with Gasteiger partial charge in [0.25, 0.3) is 5.91 Å². The van der Waals surface area contributed by atoms with Crippen LogP contribution < -0.4 is 4.90 Å². The fourth-order valence-corrected chi connectivity index (χ4v) is 2.42. The summed E-state index contributed by atoms with van der Waals surface area (Å²) in [6.07, 6.45) is 1.84. The molecule has 0 aliphatic carbocycles. The van der Waals surface area contributed by atoms with Gasteiger partial charge in [0.2, 0.25) is 0 Å². The molecule has 0 saturated heterocycles. The van der Waals surface area contributed by atoms with E-state index in [0.717, 1.165) is 10.9 Å². The van der Waals surface area contributed by atoms with Crippen molar-refractivity contribution in [2.45, 2.75) is 6.92 Å². The van der Waals surface area contributed by atoms with Crippen molar-refractivity contribution in [3.8, 4) is 0 Å². The van der Waals surface area contributed by atoms with Gasteiger partial charge in [-0.3, -0.25) is 4.79 Å². The van der Waals surface area contributed by atoms with Crippen molar-refractivity contribution >= 4 is 22.5 Å². The number of rotatable bonds is 3. The maximum atomic E-state index is 13.4. The number of H-pyrrole nitrogens is 1. The number of aromatic amines is 1. The molecule has 0 atom stereocenters. The molecule has 0 spiro atoms. The van der Waals surface area contributed by atoms with E-state index in [4.69, 9.17) is 0 Å². The van der Waals surface area contributed by atoms with Crippen LogP contribution in [0, 0.1) is 5.82 Å². The Hall–Kier alpha value is -2.62. The Morgan fingerprint density at radius 2 is 2.05 bits per heavy atom. The number of carbonyl (C=O) groups is 1. The quantitative estimate of drug-likeness (QED) is 0.775. The van der Waals surface area contributed by atoms with Crippen LogP contribution >= 0.6 is 0 Å². The predicted molar refractivity (Wildman–Crippen MR) is 82.0 cm³/mol. The molecule has 0 saturated carbocycles. The van der Waals surface area contributed by atoms with Crippen LogP contribution in [0.4, 0.5) is 10.1 Å². The Morgan fingerprint density at radius 1 is 1.19 bits per heavy atom. The van der Waals surface area contributed by atoms with Crippen LogP contribution in [0.2, 0.25) is 0 Å². The maximum absolute atomic E-state index is 13.4. The van der Waals surface area contributed by atoms with Crippen LogP contribution in [-0.4, -0.2) is 17.4 Å². The molecular weight excluding hydrogens is 267 g/mol. The first-order valence-electron chi connectivity index (χ1n) is 6.83. The Labute approximate surface area is 122 Å². The molecule has 3 rings (SSSR count). The topological polar surface area (TPSA) is 36.1 Å². The highest BCUT2D eigenvalue weighted by Crippen LogP contribution is 2.20. The van der Waals surface area contributed by atoms with Crippen molar-refractivity contribution in [2.75, 3.05) is 11.4 Å². The van der Waals surface area contributed by atoms with Gasteiger partial charge in [0.1, 0.15) is 5.82 Å². The molecule has 0 aliphatic rings. The molecule has 1 heterocycles.